The molecule has 0 aromatic carbocycles. The van der Waals surface area contributed by atoms with Gasteiger partial charge in [0, 0.05) is 24.3 Å². The summed E-state index contributed by atoms with van der Waals surface area (Å²) in [5, 5.41) is 3.20. The van der Waals surface area contributed by atoms with Gasteiger partial charge in [0.2, 0.25) is 0 Å². The van der Waals surface area contributed by atoms with E-state index in [9.17, 15) is 0 Å². The van der Waals surface area contributed by atoms with Crippen molar-refractivity contribution in [2.45, 2.75) is 6.92 Å². The fourth-order valence-electron chi connectivity index (χ4n) is 1.50. The minimum Gasteiger partial charge on any atom is -0.389 e. The first-order valence-corrected chi connectivity index (χ1v) is 6.64. The molecule has 5 nitrogen and oxygen atoms in total. The molecule has 0 aliphatic carbocycles. The lowest BCUT2D eigenvalue weighted by Crippen LogP contribution is -2.20. The molecule has 106 valence electrons. The number of nitrogens with zero attached hydrogens (tertiary/aromatic N) is 2. The first-order chi connectivity index (χ1) is 8.99. The van der Waals surface area contributed by atoms with Crippen molar-refractivity contribution < 1.29 is 4.74 Å². The number of pyridine rings is 1. The number of nitrogens with one attached hydrogen (secondary N) is 1. The number of aromatic nitrogens is 1. The molecule has 1 heterocycles. The lowest BCUT2D eigenvalue weighted by atomic mass is 10.2. The van der Waals surface area contributed by atoms with E-state index in [0.717, 1.165) is 30.2 Å². The molecule has 0 unspecified atom stereocenters. The maximum atomic E-state index is 5.62. The Kier molecular flexibility index (Phi) is 6.69. The van der Waals surface area contributed by atoms with Crippen molar-refractivity contribution in [2.75, 3.05) is 45.7 Å². The Morgan fingerprint density at radius 3 is 2.79 bits per heavy atom. The third-order valence-electron chi connectivity index (χ3n) is 2.47. The predicted octanol–water partition coefficient (Wildman–Crippen LogP) is 1.01. The topological polar surface area (TPSA) is 63.4 Å². The van der Waals surface area contributed by atoms with Crippen molar-refractivity contribution in [1.29, 1.82) is 0 Å². The highest BCUT2D eigenvalue weighted by molar-refractivity contribution is 7.80. The molecule has 0 aliphatic rings. The van der Waals surface area contributed by atoms with Crippen LogP contribution in [0.1, 0.15) is 11.3 Å². The van der Waals surface area contributed by atoms with Crippen molar-refractivity contribution in [2.24, 2.45) is 5.73 Å². The van der Waals surface area contributed by atoms with Crippen LogP contribution in [-0.4, -0.2) is 55.3 Å². The van der Waals surface area contributed by atoms with Gasteiger partial charge in [-0.2, -0.15) is 0 Å². The Labute approximate surface area is 120 Å². The number of rotatable bonds is 8. The van der Waals surface area contributed by atoms with Gasteiger partial charge in [0.05, 0.1) is 13.2 Å². The van der Waals surface area contributed by atoms with E-state index in [-0.39, 0.29) is 0 Å². The van der Waals surface area contributed by atoms with Crippen LogP contribution in [0.15, 0.2) is 12.1 Å². The van der Waals surface area contributed by atoms with E-state index < -0.39 is 0 Å². The summed E-state index contributed by atoms with van der Waals surface area (Å²) < 4.78 is 5.49. The maximum Gasteiger partial charge on any atom is 0.126 e. The molecule has 6 heteroatoms. The highest BCUT2D eigenvalue weighted by Gasteiger charge is 2.02. The van der Waals surface area contributed by atoms with E-state index in [4.69, 9.17) is 22.7 Å². The lowest BCUT2D eigenvalue weighted by Gasteiger charge is -2.11. The summed E-state index contributed by atoms with van der Waals surface area (Å²) >= 11 is 4.97. The summed E-state index contributed by atoms with van der Waals surface area (Å²) in [6, 6.07) is 3.73. The largest absolute Gasteiger partial charge is 0.389 e. The van der Waals surface area contributed by atoms with Crippen molar-refractivity contribution in [3.8, 4) is 0 Å². The summed E-state index contributed by atoms with van der Waals surface area (Å²) in [4.78, 5) is 6.84. The Morgan fingerprint density at radius 1 is 1.42 bits per heavy atom. The molecular weight excluding hydrogens is 260 g/mol. The summed E-state index contributed by atoms with van der Waals surface area (Å²) in [6.07, 6.45) is 0. The van der Waals surface area contributed by atoms with E-state index in [2.05, 4.69) is 15.2 Å². The average Bonchev–Trinajstić information content (AvgIpc) is 2.32. The van der Waals surface area contributed by atoms with E-state index in [1.807, 2.05) is 33.2 Å². The molecule has 1 rings (SSSR count). The summed E-state index contributed by atoms with van der Waals surface area (Å²) in [5.74, 6) is 0.777. The Morgan fingerprint density at radius 2 is 2.16 bits per heavy atom. The number of anilines is 1. The molecule has 0 spiro atoms. The predicted molar refractivity (Wildman–Crippen MR) is 82.7 cm³/mol. The first kappa shape index (κ1) is 15.8. The SMILES string of the molecule is Cc1cc(C(N)=S)cc(NCCOCCN(C)C)n1. The molecule has 19 heavy (non-hydrogen) atoms. The van der Waals surface area contributed by atoms with Crippen molar-refractivity contribution >= 4 is 23.0 Å². The highest BCUT2D eigenvalue weighted by Crippen LogP contribution is 2.09. The zero-order valence-electron chi connectivity index (χ0n) is 11.8. The number of thiocarbonyl (C=S) groups is 1. The number of aryl methyl sites for hydroxylation is 1. The molecule has 1 aromatic heterocycles. The van der Waals surface area contributed by atoms with Crippen LogP contribution >= 0.6 is 12.2 Å². The zero-order valence-corrected chi connectivity index (χ0v) is 12.6. The Hall–Kier alpha value is -1.24. The van der Waals surface area contributed by atoms with Crippen molar-refractivity contribution in [3.05, 3.63) is 23.4 Å². The monoisotopic (exact) mass is 282 g/mol. The molecule has 0 aliphatic heterocycles. The van der Waals surface area contributed by atoms with E-state index in [1.54, 1.807) is 0 Å². The Bertz CT molecular complexity index is 423. The highest BCUT2D eigenvalue weighted by atomic mass is 32.1. The smallest absolute Gasteiger partial charge is 0.126 e. The molecule has 0 atom stereocenters. The molecule has 0 bridgehead atoms. The van der Waals surface area contributed by atoms with E-state index in [1.165, 1.54) is 0 Å². The fraction of sp³-hybridized carbons (Fsp3) is 0.538. The fourth-order valence-corrected chi connectivity index (χ4v) is 1.62. The molecule has 0 saturated carbocycles. The van der Waals surface area contributed by atoms with Crippen LogP contribution in [0.3, 0.4) is 0 Å². The number of nitrogens with two attached hydrogens (primary N) is 1. The summed E-state index contributed by atoms with van der Waals surface area (Å²) in [6.45, 7) is 4.93. The second kappa shape index (κ2) is 8.04. The molecule has 0 radical (unpaired) electrons. The molecular formula is C13H22N4OS. The Balaban J connectivity index is 2.35. The number of likely N-dealkylation sites (N-methyl/N-ethyl adjacent to an activating group) is 1. The van der Waals surface area contributed by atoms with Gasteiger partial charge in [-0.3, -0.25) is 0 Å². The van der Waals surface area contributed by atoms with Gasteiger partial charge in [-0.1, -0.05) is 12.2 Å². The molecule has 0 amide bonds. The third kappa shape index (κ3) is 6.47. The average molecular weight is 282 g/mol. The van der Waals surface area contributed by atoms with Crippen LogP contribution in [-0.2, 0) is 4.74 Å². The van der Waals surface area contributed by atoms with Crippen molar-refractivity contribution in [1.82, 2.24) is 9.88 Å². The maximum absolute atomic E-state index is 5.62. The number of hydrogen-bond acceptors (Lipinski definition) is 5. The van der Waals surface area contributed by atoms with Gasteiger partial charge in [-0.05, 0) is 33.2 Å². The van der Waals surface area contributed by atoms with Gasteiger partial charge >= 0.3 is 0 Å². The van der Waals surface area contributed by atoms with Gasteiger partial charge < -0.3 is 20.7 Å². The first-order valence-electron chi connectivity index (χ1n) is 6.24. The van der Waals surface area contributed by atoms with Crippen LogP contribution in [0.2, 0.25) is 0 Å². The minimum atomic E-state index is 0.385. The second-order valence-electron chi connectivity index (χ2n) is 4.59. The number of hydrogen-bond donors (Lipinski definition) is 2. The summed E-state index contributed by atoms with van der Waals surface area (Å²) in [5.41, 5.74) is 7.34. The van der Waals surface area contributed by atoms with Gasteiger partial charge in [0.25, 0.3) is 0 Å². The quantitative estimate of drug-likeness (QED) is 0.548. The minimum absolute atomic E-state index is 0.385. The molecule has 3 N–H and O–H groups in total. The van der Waals surface area contributed by atoms with Gasteiger partial charge in [-0.25, -0.2) is 4.98 Å². The molecule has 1 aromatic rings. The van der Waals surface area contributed by atoms with Crippen molar-refractivity contribution in [3.63, 3.8) is 0 Å². The van der Waals surface area contributed by atoms with Crippen LogP contribution in [0.5, 0.6) is 0 Å². The van der Waals surface area contributed by atoms with Crippen LogP contribution in [0, 0.1) is 6.92 Å². The zero-order chi connectivity index (χ0) is 14.3. The molecule has 0 fully saturated rings. The lowest BCUT2D eigenvalue weighted by molar-refractivity contribution is 0.126. The van der Waals surface area contributed by atoms with Crippen LogP contribution < -0.4 is 11.1 Å². The summed E-state index contributed by atoms with van der Waals surface area (Å²) in [7, 11) is 4.05. The third-order valence-corrected chi connectivity index (χ3v) is 2.71. The standard InChI is InChI=1S/C13H22N4OS/c1-10-8-11(13(14)19)9-12(16-10)15-4-6-18-7-5-17(2)3/h8-9H,4-7H2,1-3H3,(H2,14,19)(H,15,16). The molecule has 0 saturated heterocycles. The normalized spacial score (nSPS) is 10.7. The van der Waals surface area contributed by atoms with Crippen LogP contribution in [0.4, 0.5) is 5.82 Å². The van der Waals surface area contributed by atoms with E-state index in [0.29, 0.717) is 18.1 Å². The van der Waals surface area contributed by atoms with Gasteiger partial charge in [0.15, 0.2) is 0 Å². The van der Waals surface area contributed by atoms with Gasteiger partial charge in [-0.15, -0.1) is 0 Å². The number of ether oxygens (including phenoxy) is 1. The van der Waals surface area contributed by atoms with E-state index >= 15 is 0 Å². The van der Waals surface area contributed by atoms with Crippen LogP contribution in [0.25, 0.3) is 0 Å². The van der Waals surface area contributed by atoms with Gasteiger partial charge in [0.1, 0.15) is 10.8 Å². The second-order valence-corrected chi connectivity index (χ2v) is 5.03.